The number of esters is 1. The molecule has 0 spiro atoms. The van der Waals surface area contributed by atoms with Crippen LogP contribution in [0.2, 0.25) is 0 Å². The third kappa shape index (κ3) is 2.06. The van der Waals surface area contributed by atoms with Gasteiger partial charge in [0.1, 0.15) is 5.82 Å². The maximum atomic E-state index is 12.5. The first kappa shape index (κ1) is 13.2. The molecule has 1 aliphatic carbocycles. The molecule has 0 saturated heterocycles. The second-order valence-corrected chi connectivity index (χ2v) is 4.64. The molecule has 2 N–H and O–H groups in total. The van der Waals surface area contributed by atoms with Gasteiger partial charge in [-0.05, 0) is 22.4 Å². The minimum atomic E-state index is -4.27. The number of aromatic nitrogens is 2. The second-order valence-electron chi connectivity index (χ2n) is 3.93. The number of nitrogen functional groups attached to an aromatic ring is 1. The van der Waals surface area contributed by atoms with E-state index in [4.69, 9.17) is 5.73 Å². The van der Waals surface area contributed by atoms with E-state index in [0.29, 0.717) is 0 Å². The molecule has 0 radical (unpaired) electrons. The summed E-state index contributed by atoms with van der Waals surface area (Å²) in [5, 5.41) is 0. The number of carbonyl (C=O) groups excluding carboxylic acids is 1. The first-order chi connectivity index (χ1) is 8.27. The Morgan fingerprint density at radius 2 is 2.22 bits per heavy atom. The molecule has 0 aliphatic heterocycles. The quantitative estimate of drug-likeness (QED) is 0.845. The predicted octanol–water partition coefficient (Wildman–Crippen LogP) is 2.14. The summed E-state index contributed by atoms with van der Waals surface area (Å²) in [4.78, 5) is 15.1. The van der Waals surface area contributed by atoms with E-state index < -0.39 is 24.1 Å². The first-order valence-electron chi connectivity index (χ1n) is 4.95. The summed E-state index contributed by atoms with van der Waals surface area (Å²) in [6.07, 6.45) is -4.34. The fraction of sp³-hybridized carbons (Fsp3) is 0.556. The Kier molecular flexibility index (Phi) is 3.04. The van der Waals surface area contributed by atoms with Gasteiger partial charge >= 0.3 is 12.1 Å². The molecule has 0 bridgehead atoms. The number of halogens is 4. The summed E-state index contributed by atoms with van der Waals surface area (Å²) in [5.41, 5.74) is 5.45. The predicted molar refractivity (Wildman–Crippen MR) is 58.9 cm³/mol. The molecule has 0 unspecified atom stereocenters. The zero-order valence-electron chi connectivity index (χ0n) is 9.16. The van der Waals surface area contributed by atoms with E-state index >= 15 is 0 Å². The number of ether oxygens (including phenoxy) is 1. The Bertz CT molecular complexity index is 500. The van der Waals surface area contributed by atoms with E-state index in [1.807, 2.05) is 0 Å². The Morgan fingerprint density at radius 3 is 2.67 bits per heavy atom. The molecule has 100 valence electrons. The van der Waals surface area contributed by atoms with Gasteiger partial charge in [-0.3, -0.25) is 0 Å². The van der Waals surface area contributed by atoms with Gasteiger partial charge in [0.25, 0.3) is 0 Å². The molecule has 9 heteroatoms. The standard InChI is InChI=1S/C9H9BrF3N3O2/c1-18-7(17)5-6(14)16(8(10)15-5)4-2-3(4)9(11,12)13/h3-4H,2,14H2,1H3/t3-,4-/m1/s1. The number of imidazole rings is 1. The first-order valence-corrected chi connectivity index (χ1v) is 5.75. The monoisotopic (exact) mass is 327 g/mol. The Morgan fingerprint density at radius 1 is 1.61 bits per heavy atom. The maximum Gasteiger partial charge on any atom is 0.393 e. The second kappa shape index (κ2) is 4.15. The highest BCUT2D eigenvalue weighted by Crippen LogP contribution is 2.55. The number of hydrogen-bond acceptors (Lipinski definition) is 4. The van der Waals surface area contributed by atoms with Gasteiger partial charge in [-0.2, -0.15) is 13.2 Å². The van der Waals surface area contributed by atoms with Crippen LogP contribution in [0.15, 0.2) is 4.73 Å². The summed E-state index contributed by atoms with van der Waals surface area (Å²) < 4.78 is 43.2. The number of nitrogens with two attached hydrogens (primary N) is 1. The molecule has 0 aromatic carbocycles. The van der Waals surface area contributed by atoms with Crippen molar-refractivity contribution in [1.82, 2.24) is 9.55 Å². The summed E-state index contributed by atoms with van der Waals surface area (Å²) in [5.74, 6) is -2.35. The van der Waals surface area contributed by atoms with Crippen LogP contribution in [-0.4, -0.2) is 28.8 Å². The average molecular weight is 328 g/mol. The van der Waals surface area contributed by atoms with Gasteiger partial charge in [0, 0.05) is 6.04 Å². The molecule has 1 heterocycles. The van der Waals surface area contributed by atoms with Crippen LogP contribution in [0.5, 0.6) is 0 Å². The normalized spacial score (nSPS) is 22.9. The number of rotatable bonds is 2. The highest BCUT2D eigenvalue weighted by Gasteiger charge is 2.57. The van der Waals surface area contributed by atoms with Crippen molar-refractivity contribution in [3.05, 3.63) is 10.4 Å². The fourth-order valence-electron chi connectivity index (χ4n) is 1.80. The van der Waals surface area contributed by atoms with Crippen molar-refractivity contribution >= 4 is 27.7 Å². The number of carbonyl (C=O) groups is 1. The molecular formula is C9H9BrF3N3O2. The largest absolute Gasteiger partial charge is 0.464 e. The van der Waals surface area contributed by atoms with E-state index in [0.717, 1.165) is 7.11 Å². The third-order valence-electron chi connectivity index (χ3n) is 2.79. The zero-order chi connectivity index (χ0) is 13.7. The molecule has 1 aliphatic rings. The highest BCUT2D eigenvalue weighted by atomic mass is 79.9. The Balaban J connectivity index is 2.31. The topological polar surface area (TPSA) is 70.1 Å². The van der Waals surface area contributed by atoms with Crippen LogP contribution < -0.4 is 5.73 Å². The van der Waals surface area contributed by atoms with Crippen molar-refractivity contribution in [3.8, 4) is 0 Å². The van der Waals surface area contributed by atoms with Gasteiger partial charge in [-0.25, -0.2) is 9.78 Å². The minimum absolute atomic E-state index is 0.0662. The smallest absolute Gasteiger partial charge is 0.393 e. The molecule has 1 aromatic heterocycles. The van der Waals surface area contributed by atoms with Gasteiger partial charge in [-0.1, -0.05) is 0 Å². The van der Waals surface area contributed by atoms with Crippen LogP contribution >= 0.6 is 15.9 Å². The van der Waals surface area contributed by atoms with Crippen LogP contribution in [0.4, 0.5) is 19.0 Å². The van der Waals surface area contributed by atoms with Gasteiger partial charge in [0.15, 0.2) is 10.4 Å². The van der Waals surface area contributed by atoms with Crippen molar-refractivity contribution < 1.29 is 22.7 Å². The zero-order valence-corrected chi connectivity index (χ0v) is 10.7. The Labute approximate surface area is 108 Å². The molecule has 0 amide bonds. The van der Waals surface area contributed by atoms with Gasteiger partial charge in [-0.15, -0.1) is 0 Å². The minimum Gasteiger partial charge on any atom is -0.464 e. The Hall–Kier alpha value is -1.25. The fourth-order valence-corrected chi connectivity index (χ4v) is 2.43. The average Bonchev–Trinajstić information content (AvgIpc) is 2.99. The van der Waals surface area contributed by atoms with Crippen LogP contribution in [0, 0.1) is 5.92 Å². The lowest BCUT2D eigenvalue weighted by atomic mass is 10.4. The van der Waals surface area contributed by atoms with Crippen molar-refractivity contribution in [3.63, 3.8) is 0 Å². The van der Waals surface area contributed by atoms with Gasteiger partial charge < -0.3 is 15.0 Å². The number of alkyl halides is 3. The lowest BCUT2D eigenvalue weighted by Gasteiger charge is -2.08. The van der Waals surface area contributed by atoms with E-state index in [-0.39, 0.29) is 22.7 Å². The van der Waals surface area contributed by atoms with E-state index in [9.17, 15) is 18.0 Å². The molecule has 1 fully saturated rings. The molecule has 2 atom stereocenters. The number of hydrogen-bond donors (Lipinski definition) is 1. The van der Waals surface area contributed by atoms with Crippen LogP contribution in [0.25, 0.3) is 0 Å². The molecule has 1 aromatic rings. The summed E-state index contributed by atoms with van der Waals surface area (Å²) >= 11 is 3.00. The van der Waals surface area contributed by atoms with E-state index in [1.165, 1.54) is 4.57 Å². The lowest BCUT2D eigenvalue weighted by molar-refractivity contribution is -0.150. The van der Waals surface area contributed by atoms with Crippen LogP contribution in [-0.2, 0) is 4.74 Å². The third-order valence-corrected chi connectivity index (χ3v) is 3.35. The molecule has 5 nitrogen and oxygen atoms in total. The summed E-state index contributed by atoms with van der Waals surface area (Å²) in [6.45, 7) is 0. The number of methoxy groups -OCH3 is 1. The van der Waals surface area contributed by atoms with E-state index in [1.54, 1.807) is 0 Å². The van der Waals surface area contributed by atoms with Crippen LogP contribution in [0.1, 0.15) is 23.0 Å². The van der Waals surface area contributed by atoms with Crippen molar-refractivity contribution in [1.29, 1.82) is 0 Å². The highest BCUT2D eigenvalue weighted by molar-refractivity contribution is 9.10. The maximum absolute atomic E-state index is 12.5. The van der Waals surface area contributed by atoms with Crippen molar-refractivity contribution in [2.24, 2.45) is 5.92 Å². The SMILES string of the molecule is COC(=O)c1nc(Br)n([C@@H]2C[C@H]2C(F)(F)F)c1N. The van der Waals surface area contributed by atoms with Crippen molar-refractivity contribution in [2.75, 3.05) is 12.8 Å². The molecule has 2 rings (SSSR count). The number of anilines is 1. The molecule has 1 saturated carbocycles. The van der Waals surface area contributed by atoms with E-state index in [2.05, 4.69) is 25.7 Å². The molecule has 18 heavy (non-hydrogen) atoms. The van der Waals surface area contributed by atoms with Crippen LogP contribution in [0.3, 0.4) is 0 Å². The summed E-state index contributed by atoms with van der Waals surface area (Å²) in [7, 11) is 1.14. The van der Waals surface area contributed by atoms with Gasteiger partial charge in [0.05, 0.1) is 13.0 Å². The summed E-state index contributed by atoms with van der Waals surface area (Å²) in [6, 6.07) is -0.815. The molecular weight excluding hydrogens is 319 g/mol. The van der Waals surface area contributed by atoms with Gasteiger partial charge in [0.2, 0.25) is 0 Å². The number of nitrogens with zero attached hydrogens (tertiary/aromatic N) is 2. The van der Waals surface area contributed by atoms with Crippen molar-refractivity contribution in [2.45, 2.75) is 18.6 Å². The lowest BCUT2D eigenvalue weighted by Crippen LogP contribution is -2.15.